The number of carboxylic acids is 1. The summed E-state index contributed by atoms with van der Waals surface area (Å²) in [6, 6.07) is 0. The molecule has 0 atom stereocenters. The molecular formula is C11H21N3O5. The molecule has 0 aromatic heterocycles. The van der Waals surface area contributed by atoms with Crippen molar-refractivity contribution in [1.29, 1.82) is 0 Å². The zero-order chi connectivity index (χ0) is 14.7. The zero-order valence-electron chi connectivity index (χ0n) is 11.1. The molecule has 0 fully saturated rings. The molecule has 0 aliphatic heterocycles. The molecule has 0 aliphatic rings. The summed E-state index contributed by atoms with van der Waals surface area (Å²) in [6.45, 7) is 2.17. The number of carbonyl (C=O) groups excluding carboxylic acids is 2. The van der Waals surface area contributed by atoms with Gasteiger partial charge < -0.3 is 25.8 Å². The van der Waals surface area contributed by atoms with Gasteiger partial charge in [-0.1, -0.05) is 6.92 Å². The van der Waals surface area contributed by atoms with E-state index in [0.29, 0.717) is 26.1 Å². The maximum Gasteiger partial charge on any atom is 0.329 e. The number of amides is 2. The number of carboxylic acid groups (broad SMARTS) is 1. The molecule has 0 aromatic carbocycles. The third kappa shape index (κ3) is 8.97. The average Bonchev–Trinajstić information content (AvgIpc) is 2.36. The van der Waals surface area contributed by atoms with Crippen molar-refractivity contribution in [3.8, 4) is 0 Å². The highest BCUT2D eigenvalue weighted by atomic mass is 16.5. The number of carbonyl (C=O) groups is 3. The SMILES string of the molecule is CCC(=O)NCCN(CCN)C(=O)COCC(=O)O. The van der Waals surface area contributed by atoms with Crippen molar-refractivity contribution >= 4 is 17.8 Å². The van der Waals surface area contributed by atoms with E-state index in [2.05, 4.69) is 5.32 Å². The van der Waals surface area contributed by atoms with Gasteiger partial charge in [-0.3, -0.25) is 9.59 Å². The Bertz CT molecular complexity index is 309. The van der Waals surface area contributed by atoms with Crippen molar-refractivity contribution < 1.29 is 24.2 Å². The van der Waals surface area contributed by atoms with Crippen LogP contribution in [0.25, 0.3) is 0 Å². The lowest BCUT2D eigenvalue weighted by Crippen LogP contribution is -2.42. The lowest BCUT2D eigenvalue weighted by molar-refractivity contribution is -0.146. The van der Waals surface area contributed by atoms with Crippen molar-refractivity contribution in [1.82, 2.24) is 10.2 Å². The van der Waals surface area contributed by atoms with Gasteiger partial charge in [0.2, 0.25) is 11.8 Å². The monoisotopic (exact) mass is 275 g/mol. The van der Waals surface area contributed by atoms with E-state index in [1.165, 1.54) is 4.90 Å². The van der Waals surface area contributed by atoms with E-state index in [1.54, 1.807) is 6.92 Å². The van der Waals surface area contributed by atoms with Gasteiger partial charge in [0, 0.05) is 32.6 Å². The quantitative estimate of drug-likeness (QED) is 0.441. The molecule has 0 spiro atoms. The highest BCUT2D eigenvalue weighted by molar-refractivity contribution is 5.78. The van der Waals surface area contributed by atoms with Crippen LogP contribution in [0.2, 0.25) is 0 Å². The average molecular weight is 275 g/mol. The Kier molecular flexibility index (Phi) is 9.37. The maximum absolute atomic E-state index is 11.7. The van der Waals surface area contributed by atoms with Crippen molar-refractivity contribution in [2.45, 2.75) is 13.3 Å². The topological polar surface area (TPSA) is 122 Å². The van der Waals surface area contributed by atoms with Crippen LogP contribution in [0.15, 0.2) is 0 Å². The molecule has 0 saturated heterocycles. The first-order valence-corrected chi connectivity index (χ1v) is 6.05. The zero-order valence-corrected chi connectivity index (χ0v) is 11.1. The molecule has 0 saturated carbocycles. The molecule has 2 amide bonds. The summed E-state index contributed by atoms with van der Waals surface area (Å²) in [5.41, 5.74) is 5.39. The molecule has 0 aromatic rings. The first-order valence-electron chi connectivity index (χ1n) is 6.05. The van der Waals surface area contributed by atoms with Crippen LogP contribution in [-0.2, 0) is 19.1 Å². The van der Waals surface area contributed by atoms with Gasteiger partial charge in [-0.15, -0.1) is 0 Å². The first kappa shape index (κ1) is 17.3. The Balaban J connectivity index is 4.03. The van der Waals surface area contributed by atoms with Crippen LogP contribution in [0.4, 0.5) is 0 Å². The van der Waals surface area contributed by atoms with Crippen LogP contribution in [0.1, 0.15) is 13.3 Å². The number of nitrogens with one attached hydrogen (secondary N) is 1. The normalized spacial score (nSPS) is 10.0. The summed E-state index contributed by atoms with van der Waals surface area (Å²) in [6.07, 6.45) is 0.382. The third-order valence-electron chi connectivity index (χ3n) is 2.23. The summed E-state index contributed by atoms with van der Waals surface area (Å²) in [5, 5.41) is 11.0. The van der Waals surface area contributed by atoms with E-state index in [1.807, 2.05) is 0 Å². The second-order valence-corrected chi connectivity index (χ2v) is 3.76. The minimum atomic E-state index is -1.13. The smallest absolute Gasteiger partial charge is 0.329 e. The lowest BCUT2D eigenvalue weighted by atomic mass is 10.4. The number of nitrogens with two attached hydrogens (primary N) is 1. The van der Waals surface area contributed by atoms with Crippen LogP contribution in [0.5, 0.6) is 0 Å². The van der Waals surface area contributed by atoms with E-state index in [0.717, 1.165) is 0 Å². The molecule has 0 unspecified atom stereocenters. The van der Waals surface area contributed by atoms with Gasteiger partial charge in [-0.2, -0.15) is 0 Å². The molecule has 110 valence electrons. The summed E-state index contributed by atoms with van der Waals surface area (Å²) in [4.78, 5) is 34.4. The number of nitrogens with zero attached hydrogens (tertiary/aromatic N) is 1. The number of hydrogen-bond acceptors (Lipinski definition) is 5. The van der Waals surface area contributed by atoms with Crippen LogP contribution < -0.4 is 11.1 Å². The van der Waals surface area contributed by atoms with Crippen LogP contribution >= 0.6 is 0 Å². The fourth-order valence-electron chi connectivity index (χ4n) is 1.29. The standard InChI is InChI=1S/C11H21N3O5/c1-2-9(15)13-4-6-14(5-3-12)10(16)7-19-8-11(17)18/h2-8,12H2,1H3,(H,13,15)(H,17,18). The molecule has 0 radical (unpaired) electrons. The van der Waals surface area contributed by atoms with Gasteiger partial charge in [-0.05, 0) is 0 Å². The van der Waals surface area contributed by atoms with E-state index >= 15 is 0 Å². The van der Waals surface area contributed by atoms with Crippen LogP contribution in [0, 0.1) is 0 Å². The van der Waals surface area contributed by atoms with E-state index in [9.17, 15) is 14.4 Å². The van der Waals surface area contributed by atoms with Gasteiger partial charge in [0.1, 0.15) is 13.2 Å². The van der Waals surface area contributed by atoms with Gasteiger partial charge in [-0.25, -0.2) is 4.79 Å². The predicted molar refractivity (Wildman–Crippen MR) is 67.4 cm³/mol. The summed E-state index contributed by atoms with van der Waals surface area (Å²) in [5.74, 6) is -1.58. The maximum atomic E-state index is 11.7. The highest BCUT2D eigenvalue weighted by Crippen LogP contribution is 1.90. The molecule has 19 heavy (non-hydrogen) atoms. The number of aliphatic carboxylic acids is 1. The molecule has 8 heteroatoms. The third-order valence-corrected chi connectivity index (χ3v) is 2.23. The van der Waals surface area contributed by atoms with E-state index in [4.69, 9.17) is 15.6 Å². The Morgan fingerprint density at radius 1 is 1.26 bits per heavy atom. The van der Waals surface area contributed by atoms with Crippen LogP contribution in [0.3, 0.4) is 0 Å². The van der Waals surface area contributed by atoms with Gasteiger partial charge in [0.25, 0.3) is 0 Å². The minimum Gasteiger partial charge on any atom is -0.480 e. The first-order chi connectivity index (χ1) is 9.01. The molecule has 0 rings (SSSR count). The number of rotatable bonds is 10. The van der Waals surface area contributed by atoms with Crippen molar-refractivity contribution in [3.63, 3.8) is 0 Å². The molecular weight excluding hydrogens is 254 g/mol. The summed E-state index contributed by atoms with van der Waals surface area (Å²) < 4.78 is 4.71. The molecule has 8 nitrogen and oxygen atoms in total. The molecule has 0 heterocycles. The fourth-order valence-corrected chi connectivity index (χ4v) is 1.29. The Hall–Kier alpha value is -1.67. The van der Waals surface area contributed by atoms with E-state index in [-0.39, 0.29) is 25.0 Å². The Morgan fingerprint density at radius 2 is 1.95 bits per heavy atom. The molecule has 0 aliphatic carbocycles. The van der Waals surface area contributed by atoms with E-state index < -0.39 is 12.6 Å². The number of ether oxygens (including phenoxy) is 1. The molecule has 0 bridgehead atoms. The van der Waals surface area contributed by atoms with Crippen LogP contribution in [-0.4, -0.2) is 67.2 Å². The predicted octanol–water partition coefficient (Wildman–Crippen LogP) is -1.60. The summed E-state index contributed by atoms with van der Waals surface area (Å²) >= 11 is 0. The second-order valence-electron chi connectivity index (χ2n) is 3.76. The van der Waals surface area contributed by atoms with Crippen molar-refractivity contribution in [2.75, 3.05) is 39.4 Å². The molecule has 4 N–H and O–H groups in total. The number of hydrogen-bond donors (Lipinski definition) is 3. The van der Waals surface area contributed by atoms with Gasteiger partial charge in [0.05, 0.1) is 0 Å². The minimum absolute atomic E-state index is 0.0951. The largest absolute Gasteiger partial charge is 0.480 e. The Labute approximate surface area is 111 Å². The van der Waals surface area contributed by atoms with Gasteiger partial charge in [0.15, 0.2) is 0 Å². The lowest BCUT2D eigenvalue weighted by Gasteiger charge is -2.22. The fraction of sp³-hybridized carbons (Fsp3) is 0.727. The van der Waals surface area contributed by atoms with Crippen molar-refractivity contribution in [2.24, 2.45) is 5.73 Å². The van der Waals surface area contributed by atoms with Crippen molar-refractivity contribution in [3.05, 3.63) is 0 Å². The van der Waals surface area contributed by atoms with Gasteiger partial charge >= 0.3 is 5.97 Å². The second kappa shape index (κ2) is 10.3. The summed E-state index contributed by atoms with van der Waals surface area (Å²) in [7, 11) is 0. The Morgan fingerprint density at radius 3 is 2.47 bits per heavy atom. The highest BCUT2D eigenvalue weighted by Gasteiger charge is 2.13.